The Balaban J connectivity index is 2.37. The Bertz CT molecular complexity index is 696. The van der Waals surface area contributed by atoms with Crippen molar-refractivity contribution in [1.82, 2.24) is 10.0 Å². The molecular weight excluding hydrogens is 302 g/mol. The van der Waals surface area contributed by atoms with Gasteiger partial charge in [0.2, 0.25) is 5.91 Å². The van der Waals surface area contributed by atoms with Crippen molar-refractivity contribution in [1.29, 1.82) is 0 Å². The van der Waals surface area contributed by atoms with Gasteiger partial charge in [0.25, 0.3) is 10.0 Å². The highest BCUT2D eigenvalue weighted by Crippen LogP contribution is 2.23. The van der Waals surface area contributed by atoms with Gasteiger partial charge in [0.15, 0.2) is 0 Å². The van der Waals surface area contributed by atoms with Crippen LogP contribution in [0.2, 0.25) is 0 Å². The van der Waals surface area contributed by atoms with Crippen LogP contribution in [-0.4, -0.2) is 32.7 Å². The normalized spacial score (nSPS) is 18.8. The molecule has 0 bridgehead atoms. The molecule has 0 unspecified atom stereocenters. The SMILES string of the molecule is CCCNC(=O)[C@H](N=C1NS(=O)(=O)c2ccccc21)C(C)C. The number of hydrogen-bond donors (Lipinski definition) is 2. The standard InChI is InChI=1S/C15H21N3O3S/c1-4-9-16-15(19)13(10(2)3)17-14-11-7-5-6-8-12(11)22(20,21)18-14/h5-8,10,13H,4,9H2,1-3H3,(H,16,19)(H,17,18)/t13-/m1/s1. The van der Waals surface area contributed by atoms with E-state index in [2.05, 4.69) is 15.0 Å². The molecule has 1 amide bonds. The minimum Gasteiger partial charge on any atom is -0.354 e. The van der Waals surface area contributed by atoms with E-state index in [0.717, 1.165) is 6.42 Å². The van der Waals surface area contributed by atoms with Crippen LogP contribution >= 0.6 is 0 Å². The minimum absolute atomic E-state index is 0.0402. The van der Waals surface area contributed by atoms with E-state index in [9.17, 15) is 13.2 Å². The maximum Gasteiger partial charge on any atom is 0.263 e. The molecule has 1 aliphatic rings. The molecular formula is C15H21N3O3S. The Kier molecular flexibility index (Phi) is 4.85. The summed E-state index contributed by atoms with van der Waals surface area (Å²) >= 11 is 0. The van der Waals surface area contributed by atoms with E-state index in [1.807, 2.05) is 20.8 Å². The molecule has 0 aromatic heterocycles. The second-order valence-electron chi connectivity index (χ2n) is 5.56. The maximum absolute atomic E-state index is 12.2. The highest BCUT2D eigenvalue weighted by molar-refractivity contribution is 7.90. The van der Waals surface area contributed by atoms with E-state index in [1.165, 1.54) is 6.07 Å². The second kappa shape index (κ2) is 6.48. The largest absolute Gasteiger partial charge is 0.354 e. The number of amides is 1. The molecule has 0 fully saturated rings. The summed E-state index contributed by atoms with van der Waals surface area (Å²) in [5.74, 6) is 0.00972. The molecule has 1 heterocycles. The number of aliphatic imine (C=N–C) groups is 1. The van der Waals surface area contributed by atoms with Gasteiger partial charge in [-0.05, 0) is 24.5 Å². The molecule has 1 aromatic carbocycles. The summed E-state index contributed by atoms with van der Waals surface area (Å²) in [6, 6.07) is 6.00. The highest BCUT2D eigenvalue weighted by atomic mass is 32.2. The monoisotopic (exact) mass is 323 g/mol. The molecule has 0 aliphatic carbocycles. The van der Waals surface area contributed by atoms with Gasteiger partial charge in [-0.2, -0.15) is 0 Å². The molecule has 6 nitrogen and oxygen atoms in total. The number of fused-ring (bicyclic) bond motifs is 1. The van der Waals surface area contributed by atoms with Crippen molar-refractivity contribution in [2.24, 2.45) is 10.9 Å². The third kappa shape index (κ3) is 3.30. The van der Waals surface area contributed by atoms with Crippen LogP contribution in [0.4, 0.5) is 0 Å². The topological polar surface area (TPSA) is 87.6 Å². The molecule has 2 rings (SSSR count). The summed E-state index contributed by atoms with van der Waals surface area (Å²) in [5, 5.41) is 2.81. The fourth-order valence-corrected chi connectivity index (χ4v) is 3.47. The van der Waals surface area contributed by atoms with Gasteiger partial charge >= 0.3 is 0 Å². The zero-order chi connectivity index (χ0) is 16.3. The van der Waals surface area contributed by atoms with Crippen LogP contribution in [0.5, 0.6) is 0 Å². The van der Waals surface area contributed by atoms with E-state index < -0.39 is 16.1 Å². The van der Waals surface area contributed by atoms with Crippen LogP contribution in [0.1, 0.15) is 32.8 Å². The van der Waals surface area contributed by atoms with E-state index >= 15 is 0 Å². The number of amidine groups is 1. The molecule has 0 spiro atoms. The molecule has 22 heavy (non-hydrogen) atoms. The predicted molar refractivity (Wildman–Crippen MR) is 85.2 cm³/mol. The summed E-state index contributed by atoms with van der Waals surface area (Å²) < 4.78 is 26.6. The van der Waals surface area contributed by atoms with E-state index in [0.29, 0.717) is 12.1 Å². The van der Waals surface area contributed by atoms with Crippen LogP contribution in [0, 0.1) is 5.92 Å². The lowest BCUT2D eigenvalue weighted by Crippen LogP contribution is -2.38. The van der Waals surface area contributed by atoms with E-state index in [-0.39, 0.29) is 22.6 Å². The minimum atomic E-state index is -3.58. The number of rotatable bonds is 5. The van der Waals surface area contributed by atoms with Gasteiger partial charge in [-0.3, -0.25) is 14.5 Å². The van der Waals surface area contributed by atoms with Crippen LogP contribution in [0.15, 0.2) is 34.2 Å². The van der Waals surface area contributed by atoms with Gasteiger partial charge < -0.3 is 5.32 Å². The van der Waals surface area contributed by atoms with Crippen molar-refractivity contribution < 1.29 is 13.2 Å². The first-order chi connectivity index (χ1) is 10.4. The van der Waals surface area contributed by atoms with Crippen molar-refractivity contribution in [2.45, 2.75) is 38.1 Å². The van der Waals surface area contributed by atoms with Gasteiger partial charge in [0, 0.05) is 12.1 Å². The van der Waals surface area contributed by atoms with Gasteiger partial charge in [-0.15, -0.1) is 0 Å². The van der Waals surface area contributed by atoms with Crippen molar-refractivity contribution in [3.63, 3.8) is 0 Å². The van der Waals surface area contributed by atoms with Gasteiger partial charge in [-0.25, -0.2) is 8.42 Å². The zero-order valence-electron chi connectivity index (χ0n) is 13.0. The smallest absolute Gasteiger partial charge is 0.263 e. The summed E-state index contributed by atoms with van der Waals surface area (Å²) in [6.07, 6.45) is 0.836. The second-order valence-corrected chi connectivity index (χ2v) is 7.21. The highest BCUT2D eigenvalue weighted by Gasteiger charge is 2.32. The Labute approximate surface area is 131 Å². The fraction of sp³-hybridized carbons (Fsp3) is 0.467. The van der Waals surface area contributed by atoms with Crippen molar-refractivity contribution >= 4 is 21.8 Å². The van der Waals surface area contributed by atoms with Gasteiger partial charge in [0.1, 0.15) is 11.9 Å². The summed E-state index contributed by atoms with van der Waals surface area (Å²) in [7, 11) is -3.58. The molecule has 1 atom stereocenters. The van der Waals surface area contributed by atoms with Crippen molar-refractivity contribution in [2.75, 3.05) is 6.54 Å². The number of sulfonamides is 1. The number of carbonyl (C=O) groups is 1. The Morgan fingerprint density at radius 1 is 1.32 bits per heavy atom. The molecule has 120 valence electrons. The number of nitrogens with zero attached hydrogens (tertiary/aromatic N) is 1. The Morgan fingerprint density at radius 2 is 2.00 bits per heavy atom. The summed E-state index contributed by atoms with van der Waals surface area (Å²) in [6.45, 7) is 6.32. The predicted octanol–water partition coefficient (Wildman–Crippen LogP) is 1.28. The van der Waals surface area contributed by atoms with Crippen molar-refractivity contribution in [3.8, 4) is 0 Å². The average molecular weight is 323 g/mol. The number of carbonyl (C=O) groups excluding carboxylic acids is 1. The number of hydrogen-bond acceptors (Lipinski definition) is 4. The van der Waals surface area contributed by atoms with Crippen LogP contribution in [0.25, 0.3) is 0 Å². The molecule has 0 saturated heterocycles. The fourth-order valence-electron chi connectivity index (χ4n) is 2.23. The quantitative estimate of drug-likeness (QED) is 0.855. The first-order valence-corrected chi connectivity index (χ1v) is 8.83. The molecule has 0 radical (unpaired) electrons. The lowest BCUT2D eigenvalue weighted by atomic mass is 10.0. The lowest BCUT2D eigenvalue weighted by Gasteiger charge is -2.17. The maximum atomic E-state index is 12.2. The number of nitrogens with one attached hydrogen (secondary N) is 2. The molecule has 1 aromatic rings. The third-order valence-electron chi connectivity index (χ3n) is 3.38. The van der Waals surface area contributed by atoms with E-state index in [1.54, 1.807) is 18.2 Å². The molecule has 7 heteroatoms. The summed E-state index contributed by atoms with van der Waals surface area (Å²) in [5.41, 5.74) is 0.511. The first kappa shape index (κ1) is 16.5. The van der Waals surface area contributed by atoms with Crippen LogP contribution < -0.4 is 10.0 Å². The van der Waals surface area contributed by atoms with E-state index in [4.69, 9.17) is 0 Å². The lowest BCUT2D eigenvalue weighted by molar-refractivity contribution is -0.123. The Morgan fingerprint density at radius 3 is 2.64 bits per heavy atom. The molecule has 2 N–H and O–H groups in total. The molecule has 1 aliphatic heterocycles. The Hall–Kier alpha value is -1.89. The van der Waals surface area contributed by atoms with Crippen molar-refractivity contribution in [3.05, 3.63) is 29.8 Å². The third-order valence-corrected chi connectivity index (χ3v) is 4.78. The number of benzene rings is 1. The van der Waals surface area contributed by atoms with Gasteiger partial charge in [-0.1, -0.05) is 32.9 Å². The van der Waals surface area contributed by atoms with Crippen LogP contribution in [0.3, 0.4) is 0 Å². The molecule has 0 saturated carbocycles. The van der Waals surface area contributed by atoms with Gasteiger partial charge in [0.05, 0.1) is 4.90 Å². The average Bonchev–Trinajstić information content (AvgIpc) is 2.73. The zero-order valence-corrected chi connectivity index (χ0v) is 13.8. The van der Waals surface area contributed by atoms with Crippen LogP contribution in [-0.2, 0) is 14.8 Å². The summed E-state index contributed by atoms with van der Waals surface area (Å²) in [4.78, 5) is 16.8. The first-order valence-electron chi connectivity index (χ1n) is 7.34.